The molecular formula is C31H32N2O2S. The van der Waals surface area contributed by atoms with Crippen LogP contribution in [-0.2, 0) is 9.84 Å². The van der Waals surface area contributed by atoms with Gasteiger partial charge in [-0.1, -0.05) is 90.5 Å². The number of anilines is 2. The molecule has 0 amide bonds. The number of benzene rings is 4. The average molecular weight is 497 g/mol. The van der Waals surface area contributed by atoms with Gasteiger partial charge in [0.15, 0.2) is 9.84 Å². The van der Waals surface area contributed by atoms with Crippen molar-refractivity contribution in [1.82, 2.24) is 0 Å². The minimum Gasteiger partial charge on any atom is -0.344 e. The molecule has 0 saturated carbocycles. The van der Waals surface area contributed by atoms with Crippen LogP contribution in [0.15, 0.2) is 102 Å². The monoisotopic (exact) mass is 496 g/mol. The maximum atomic E-state index is 12.9. The van der Waals surface area contributed by atoms with Crippen LogP contribution in [0.5, 0.6) is 0 Å². The molecule has 184 valence electrons. The standard InChI is InChI=1S/C31H32N2O2S/c1-22-19-23(2)29(24(3)20-22)33-21-32(27-17-11-12-18-28(27)36(4,34)35)30(25-13-7-5-8-14-25)31(33)26-15-9-6-10-16-26/h5-20,30-31H,21H2,1-4H3/t30-,31-/m0/s1. The molecular weight excluding hydrogens is 464 g/mol. The highest BCUT2D eigenvalue weighted by Gasteiger charge is 2.44. The quantitative estimate of drug-likeness (QED) is 0.305. The van der Waals surface area contributed by atoms with Crippen LogP contribution in [0.2, 0.25) is 0 Å². The molecule has 4 nitrogen and oxygen atoms in total. The number of hydrogen-bond donors (Lipinski definition) is 0. The van der Waals surface area contributed by atoms with Gasteiger partial charge < -0.3 is 9.80 Å². The van der Waals surface area contributed by atoms with Gasteiger partial charge in [0, 0.05) is 11.9 Å². The molecule has 2 atom stereocenters. The summed E-state index contributed by atoms with van der Waals surface area (Å²) >= 11 is 0. The molecule has 5 heteroatoms. The van der Waals surface area contributed by atoms with E-state index in [1.807, 2.05) is 24.3 Å². The first-order chi connectivity index (χ1) is 17.3. The SMILES string of the molecule is Cc1cc(C)c(N2CN(c3ccccc3S(C)(=O)=O)[C@@H](c3ccccc3)[C@@H]2c2ccccc2)c(C)c1. The fourth-order valence-corrected chi connectivity index (χ4v) is 6.67. The van der Waals surface area contributed by atoms with Gasteiger partial charge >= 0.3 is 0 Å². The van der Waals surface area contributed by atoms with E-state index in [-0.39, 0.29) is 12.1 Å². The van der Waals surface area contributed by atoms with Crippen molar-refractivity contribution in [3.05, 3.63) is 125 Å². The van der Waals surface area contributed by atoms with Gasteiger partial charge in [-0.05, 0) is 55.2 Å². The smallest absolute Gasteiger partial charge is 0.177 e. The molecule has 0 aliphatic carbocycles. The summed E-state index contributed by atoms with van der Waals surface area (Å²) < 4.78 is 25.7. The molecule has 1 aliphatic rings. The number of para-hydroxylation sites is 1. The summed E-state index contributed by atoms with van der Waals surface area (Å²) in [5, 5.41) is 0. The summed E-state index contributed by atoms with van der Waals surface area (Å²) in [6.45, 7) is 7.03. The molecule has 1 fully saturated rings. The highest BCUT2D eigenvalue weighted by molar-refractivity contribution is 7.90. The van der Waals surface area contributed by atoms with Crippen molar-refractivity contribution in [3.63, 3.8) is 0 Å². The van der Waals surface area contributed by atoms with Gasteiger partial charge in [-0.15, -0.1) is 0 Å². The predicted octanol–water partition coefficient (Wildman–Crippen LogP) is 6.78. The van der Waals surface area contributed by atoms with Crippen LogP contribution in [0.1, 0.15) is 39.9 Å². The molecule has 0 aromatic heterocycles. The Hall–Kier alpha value is -3.57. The Kier molecular flexibility index (Phi) is 6.35. The first-order valence-electron chi connectivity index (χ1n) is 12.3. The summed E-state index contributed by atoms with van der Waals surface area (Å²) in [4.78, 5) is 5.08. The first kappa shape index (κ1) is 24.1. The molecule has 1 heterocycles. The Morgan fingerprint density at radius 1 is 0.667 bits per heavy atom. The van der Waals surface area contributed by atoms with Crippen molar-refractivity contribution < 1.29 is 8.42 Å². The van der Waals surface area contributed by atoms with E-state index in [4.69, 9.17) is 0 Å². The van der Waals surface area contributed by atoms with Gasteiger partial charge in [0.1, 0.15) is 0 Å². The third kappa shape index (κ3) is 4.40. The van der Waals surface area contributed by atoms with Crippen LogP contribution >= 0.6 is 0 Å². The second kappa shape index (κ2) is 9.47. The summed E-state index contributed by atoms with van der Waals surface area (Å²) in [6.07, 6.45) is 1.29. The highest BCUT2D eigenvalue weighted by atomic mass is 32.2. The minimum atomic E-state index is -3.42. The van der Waals surface area contributed by atoms with E-state index in [1.54, 1.807) is 12.1 Å². The third-order valence-corrected chi connectivity index (χ3v) is 8.20. The molecule has 0 spiro atoms. The van der Waals surface area contributed by atoms with Crippen molar-refractivity contribution in [2.75, 3.05) is 22.7 Å². The number of rotatable bonds is 5. The number of nitrogens with zero attached hydrogens (tertiary/aromatic N) is 2. The van der Waals surface area contributed by atoms with E-state index in [0.29, 0.717) is 11.6 Å². The van der Waals surface area contributed by atoms with Crippen molar-refractivity contribution in [2.24, 2.45) is 0 Å². The molecule has 36 heavy (non-hydrogen) atoms. The Morgan fingerprint density at radius 2 is 1.14 bits per heavy atom. The molecule has 4 aromatic carbocycles. The zero-order valence-electron chi connectivity index (χ0n) is 21.2. The molecule has 0 radical (unpaired) electrons. The van der Waals surface area contributed by atoms with Crippen molar-refractivity contribution in [2.45, 2.75) is 37.8 Å². The lowest BCUT2D eigenvalue weighted by Crippen LogP contribution is -2.28. The van der Waals surface area contributed by atoms with Gasteiger partial charge in [0.05, 0.1) is 29.3 Å². The maximum absolute atomic E-state index is 12.9. The summed E-state index contributed by atoms with van der Waals surface area (Å²) in [7, 11) is -3.42. The van der Waals surface area contributed by atoms with Gasteiger partial charge in [-0.2, -0.15) is 0 Å². The number of sulfone groups is 1. The lowest BCUT2D eigenvalue weighted by molar-refractivity contribution is 0.598. The van der Waals surface area contributed by atoms with Crippen LogP contribution in [0.25, 0.3) is 0 Å². The highest BCUT2D eigenvalue weighted by Crippen LogP contribution is 2.50. The van der Waals surface area contributed by atoms with Crippen LogP contribution in [0, 0.1) is 20.8 Å². The predicted molar refractivity (Wildman–Crippen MR) is 148 cm³/mol. The zero-order chi connectivity index (χ0) is 25.4. The van der Waals surface area contributed by atoms with E-state index in [9.17, 15) is 8.42 Å². The van der Waals surface area contributed by atoms with Crippen LogP contribution in [0.3, 0.4) is 0 Å². The van der Waals surface area contributed by atoms with Crippen LogP contribution < -0.4 is 9.80 Å². The second-order valence-electron chi connectivity index (χ2n) is 9.78. The maximum Gasteiger partial charge on any atom is 0.177 e. The molecule has 0 unspecified atom stereocenters. The van der Waals surface area contributed by atoms with Crippen molar-refractivity contribution in [1.29, 1.82) is 0 Å². The molecule has 1 saturated heterocycles. The number of hydrogen-bond acceptors (Lipinski definition) is 4. The summed E-state index contributed by atoms with van der Waals surface area (Å²) in [5.74, 6) is 0. The normalized spacial score (nSPS) is 18.0. The first-order valence-corrected chi connectivity index (χ1v) is 14.1. The Bertz CT molecular complexity index is 1460. The van der Waals surface area contributed by atoms with E-state index in [2.05, 4.69) is 91.2 Å². The molecule has 4 aromatic rings. The second-order valence-corrected chi connectivity index (χ2v) is 11.8. The lowest BCUT2D eigenvalue weighted by atomic mass is 9.91. The van der Waals surface area contributed by atoms with Crippen LogP contribution in [0.4, 0.5) is 11.4 Å². The average Bonchev–Trinajstić information content (AvgIpc) is 3.24. The van der Waals surface area contributed by atoms with Crippen LogP contribution in [-0.4, -0.2) is 21.3 Å². The van der Waals surface area contributed by atoms with E-state index in [0.717, 1.165) is 11.3 Å². The van der Waals surface area contributed by atoms with E-state index in [1.165, 1.54) is 34.2 Å². The third-order valence-electron chi connectivity index (χ3n) is 7.05. The van der Waals surface area contributed by atoms with Crippen molar-refractivity contribution in [3.8, 4) is 0 Å². The summed E-state index contributed by atoms with van der Waals surface area (Å²) in [6, 6.07) is 32.7. The Labute approximate surface area is 214 Å². The van der Waals surface area contributed by atoms with Gasteiger partial charge in [-0.25, -0.2) is 8.42 Å². The molecule has 0 bridgehead atoms. The molecule has 5 rings (SSSR count). The van der Waals surface area contributed by atoms with E-state index < -0.39 is 9.84 Å². The Morgan fingerprint density at radius 3 is 1.67 bits per heavy atom. The van der Waals surface area contributed by atoms with Gasteiger partial charge in [0.2, 0.25) is 0 Å². The lowest BCUT2D eigenvalue weighted by Gasteiger charge is -2.32. The fourth-order valence-electron chi connectivity index (χ4n) is 5.78. The fraction of sp³-hybridized carbons (Fsp3) is 0.226. The van der Waals surface area contributed by atoms with E-state index >= 15 is 0 Å². The van der Waals surface area contributed by atoms with Crippen molar-refractivity contribution >= 4 is 21.2 Å². The topological polar surface area (TPSA) is 40.6 Å². The Balaban J connectivity index is 1.79. The minimum absolute atomic E-state index is 0.0127. The molecule has 1 aliphatic heterocycles. The largest absolute Gasteiger partial charge is 0.344 e. The van der Waals surface area contributed by atoms with Gasteiger partial charge in [0.25, 0.3) is 0 Å². The molecule has 0 N–H and O–H groups in total. The number of aryl methyl sites for hydroxylation is 3. The van der Waals surface area contributed by atoms with Gasteiger partial charge in [-0.3, -0.25) is 0 Å². The zero-order valence-corrected chi connectivity index (χ0v) is 22.0. The summed E-state index contributed by atoms with van der Waals surface area (Å²) in [5.41, 5.74) is 7.97.